The molecule has 0 aliphatic heterocycles. The van der Waals surface area contributed by atoms with Gasteiger partial charge in [-0.15, -0.1) is 11.8 Å². The van der Waals surface area contributed by atoms with Crippen LogP contribution < -0.4 is 5.32 Å². The van der Waals surface area contributed by atoms with Crippen LogP contribution in [0.25, 0.3) is 0 Å². The summed E-state index contributed by atoms with van der Waals surface area (Å²) in [4.78, 5) is 13.4. The molecule has 0 unspecified atom stereocenters. The molecule has 0 aliphatic carbocycles. The molecule has 0 radical (unpaired) electrons. The second-order valence-electron chi connectivity index (χ2n) is 4.74. The third kappa shape index (κ3) is 2.88. The highest BCUT2D eigenvalue weighted by molar-refractivity contribution is 7.98. The molecule has 5 heteroatoms. The zero-order valence-corrected chi connectivity index (χ0v) is 13.0. The lowest BCUT2D eigenvalue weighted by Crippen LogP contribution is -2.27. The molecule has 20 heavy (non-hydrogen) atoms. The minimum Gasteiger partial charge on any atom is -0.345 e. The Kier molecular flexibility index (Phi) is 4.49. The molecular formula is C15H19N3OS. The summed E-state index contributed by atoms with van der Waals surface area (Å²) >= 11 is 1.58. The van der Waals surface area contributed by atoms with Gasteiger partial charge in [0, 0.05) is 16.2 Å². The van der Waals surface area contributed by atoms with Crippen molar-refractivity contribution in [3.63, 3.8) is 0 Å². The van der Waals surface area contributed by atoms with Gasteiger partial charge in [0.25, 0.3) is 5.91 Å². The Bertz CT molecular complexity index is 602. The van der Waals surface area contributed by atoms with Crippen LogP contribution in [0.1, 0.15) is 40.3 Å². The first-order valence-electron chi connectivity index (χ1n) is 6.50. The number of nitrogens with zero attached hydrogens (tertiary/aromatic N) is 1. The fourth-order valence-electron chi connectivity index (χ4n) is 2.38. The summed E-state index contributed by atoms with van der Waals surface area (Å²) in [6.07, 6.45) is 1.97. The Hall–Kier alpha value is -1.75. The van der Waals surface area contributed by atoms with Crippen LogP contribution in [0, 0.1) is 13.8 Å². The molecule has 1 aromatic heterocycles. The molecule has 2 aromatic rings. The maximum absolute atomic E-state index is 12.4. The molecule has 2 rings (SSSR count). The number of hydrogen-bond acceptors (Lipinski definition) is 3. The molecule has 2 N–H and O–H groups in total. The minimum atomic E-state index is -0.0730. The van der Waals surface area contributed by atoms with Gasteiger partial charge in [-0.05, 0) is 39.2 Å². The first-order valence-corrected chi connectivity index (χ1v) is 7.72. The molecule has 0 aliphatic rings. The SMILES string of the molecule is CSc1ccccc1C(=O)N[C@H](C)c1c(C)n[nH]c1C. The van der Waals surface area contributed by atoms with Gasteiger partial charge in [-0.3, -0.25) is 9.89 Å². The van der Waals surface area contributed by atoms with Crippen molar-refractivity contribution in [1.29, 1.82) is 0 Å². The van der Waals surface area contributed by atoms with Gasteiger partial charge in [0.15, 0.2) is 0 Å². The van der Waals surface area contributed by atoms with Gasteiger partial charge in [-0.25, -0.2) is 0 Å². The zero-order valence-electron chi connectivity index (χ0n) is 12.2. The Labute approximate surface area is 123 Å². The monoisotopic (exact) mass is 289 g/mol. The number of aromatic nitrogens is 2. The Morgan fingerprint density at radius 1 is 1.35 bits per heavy atom. The number of aryl methyl sites for hydroxylation is 2. The number of carbonyl (C=O) groups excluding carboxylic acids is 1. The number of hydrogen-bond donors (Lipinski definition) is 2. The number of aromatic amines is 1. The topological polar surface area (TPSA) is 57.8 Å². The number of carbonyl (C=O) groups is 1. The maximum atomic E-state index is 12.4. The number of nitrogens with one attached hydrogen (secondary N) is 2. The molecule has 4 nitrogen and oxygen atoms in total. The molecule has 0 saturated heterocycles. The second kappa shape index (κ2) is 6.13. The van der Waals surface area contributed by atoms with Gasteiger partial charge >= 0.3 is 0 Å². The van der Waals surface area contributed by atoms with E-state index < -0.39 is 0 Å². The van der Waals surface area contributed by atoms with Crippen molar-refractivity contribution >= 4 is 17.7 Å². The third-order valence-corrected chi connectivity index (χ3v) is 4.11. The standard InChI is InChI=1S/C15H19N3OS/c1-9(14-10(2)17-18-11(14)3)16-15(19)12-7-5-6-8-13(12)20-4/h5-9H,1-4H3,(H,16,19)(H,17,18)/t9-/m1/s1. The fourth-order valence-corrected chi connectivity index (χ4v) is 2.97. The van der Waals surface area contributed by atoms with Crippen LogP contribution in [0.2, 0.25) is 0 Å². The van der Waals surface area contributed by atoms with E-state index >= 15 is 0 Å². The second-order valence-corrected chi connectivity index (χ2v) is 5.59. The average molecular weight is 289 g/mol. The molecule has 1 heterocycles. The van der Waals surface area contributed by atoms with E-state index in [1.807, 2.05) is 51.3 Å². The molecule has 1 aromatic carbocycles. The van der Waals surface area contributed by atoms with E-state index in [0.29, 0.717) is 5.56 Å². The van der Waals surface area contributed by atoms with E-state index in [0.717, 1.165) is 21.8 Å². The van der Waals surface area contributed by atoms with E-state index in [1.54, 1.807) is 11.8 Å². The van der Waals surface area contributed by atoms with Crippen molar-refractivity contribution < 1.29 is 4.79 Å². The van der Waals surface area contributed by atoms with Crippen LogP contribution in [0.5, 0.6) is 0 Å². The molecule has 1 atom stereocenters. The number of thioether (sulfide) groups is 1. The number of benzene rings is 1. The van der Waals surface area contributed by atoms with Crippen molar-refractivity contribution in [2.24, 2.45) is 0 Å². The van der Waals surface area contributed by atoms with Gasteiger partial charge < -0.3 is 5.32 Å². The van der Waals surface area contributed by atoms with E-state index in [1.165, 1.54) is 0 Å². The molecule has 0 bridgehead atoms. The molecule has 0 saturated carbocycles. The number of rotatable bonds is 4. The first-order chi connectivity index (χ1) is 9.54. The third-order valence-electron chi connectivity index (χ3n) is 3.32. The predicted molar refractivity (Wildman–Crippen MR) is 82.2 cm³/mol. The van der Waals surface area contributed by atoms with Gasteiger partial charge in [0.2, 0.25) is 0 Å². The normalized spacial score (nSPS) is 12.2. The minimum absolute atomic E-state index is 0.0533. The van der Waals surface area contributed by atoms with Crippen molar-refractivity contribution in [3.05, 3.63) is 46.8 Å². The summed E-state index contributed by atoms with van der Waals surface area (Å²) in [5, 5.41) is 10.2. The summed E-state index contributed by atoms with van der Waals surface area (Å²) in [6, 6.07) is 7.56. The summed E-state index contributed by atoms with van der Waals surface area (Å²) < 4.78 is 0. The molecular weight excluding hydrogens is 270 g/mol. The summed E-state index contributed by atoms with van der Waals surface area (Å²) in [5.74, 6) is -0.0533. The lowest BCUT2D eigenvalue weighted by molar-refractivity contribution is 0.0937. The van der Waals surface area contributed by atoms with E-state index in [9.17, 15) is 4.79 Å². The smallest absolute Gasteiger partial charge is 0.252 e. The fraction of sp³-hybridized carbons (Fsp3) is 0.333. The van der Waals surface area contributed by atoms with Gasteiger partial charge in [-0.2, -0.15) is 5.10 Å². The molecule has 0 fully saturated rings. The molecule has 1 amide bonds. The highest BCUT2D eigenvalue weighted by Gasteiger charge is 2.18. The predicted octanol–water partition coefficient (Wildman–Crippen LogP) is 3.24. The maximum Gasteiger partial charge on any atom is 0.252 e. The van der Waals surface area contributed by atoms with E-state index in [-0.39, 0.29) is 11.9 Å². The van der Waals surface area contributed by atoms with Crippen LogP contribution in [-0.2, 0) is 0 Å². The quantitative estimate of drug-likeness (QED) is 0.850. The van der Waals surface area contributed by atoms with Crippen LogP contribution in [-0.4, -0.2) is 22.4 Å². The number of amides is 1. The first kappa shape index (κ1) is 14.7. The van der Waals surface area contributed by atoms with Crippen LogP contribution >= 0.6 is 11.8 Å². The van der Waals surface area contributed by atoms with Crippen molar-refractivity contribution in [3.8, 4) is 0 Å². The van der Waals surface area contributed by atoms with Crippen molar-refractivity contribution in [2.45, 2.75) is 31.7 Å². The van der Waals surface area contributed by atoms with Crippen LogP contribution in [0.15, 0.2) is 29.2 Å². The van der Waals surface area contributed by atoms with Crippen LogP contribution in [0.3, 0.4) is 0 Å². The largest absolute Gasteiger partial charge is 0.345 e. The average Bonchev–Trinajstić information content (AvgIpc) is 2.78. The van der Waals surface area contributed by atoms with E-state index in [2.05, 4.69) is 15.5 Å². The summed E-state index contributed by atoms with van der Waals surface area (Å²) in [6.45, 7) is 5.88. The summed E-state index contributed by atoms with van der Waals surface area (Å²) in [7, 11) is 0. The van der Waals surface area contributed by atoms with Crippen LogP contribution in [0.4, 0.5) is 0 Å². The van der Waals surface area contributed by atoms with Gasteiger partial charge in [0.1, 0.15) is 0 Å². The lowest BCUT2D eigenvalue weighted by atomic mass is 10.1. The Morgan fingerprint density at radius 2 is 2.05 bits per heavy atom. The highest BCUT2D eigenvalue weighted by atomic mass is 32.2. The van der Waals surface area contributed by atoms with Crippen molar-refractivity contribution in [2.75, 3.05) is 6.26 Å². The van der Waals surface area contributed by atoms with Gasteiger partial charge in [-0.1, -0.05) is 12.1 Å². The molecule has 106 valence electrons. The van der Waals surface area contributed by atoms with E-state index in [4.69, 9.17) is 0 Å². The number of H-pyrrole nitrogens is 1. The summed E-state index contributed by atoms with van der Waals surface area (Å²) in [5.41, 5.74) is 3.69. The molecule has 0 spiro atoms. The lowest BCUT2D eigenvalue weighted by Gasteiger charge is -2.15. The Morgan fingerprint density at radius 3 is 2.65 bits per heavy atom. The highest BCUT2D eigenvalue weighted by Crippen LogP contribution is 2.22. The van der Waals surface area contributed by atoms with Gasteiger partial charge in [0.05, 0.1) is 17.3 Å². The Balaban J connectivity index is 2.20. The zero-order chi connectivity index (χ0) is 14.7. The van der Waals surface area contributed by atoms with Crippen molar-refractivity contribution in [1.82, 2.24) is 15.5 Å².